The summed E-state index contributed by atoms with van der Waals surface area (Å²) in [7, 11) is 0. The molecule has 1 aromatic rings. The average molecular weight is 327 g/mol. The minimum Gasteiger partial charge on any atom is -0.479 e. The number of nitrogens with one attached hydrogen (secondary N) is 2. The van der Waals surface area contributed by atoms with E-state index in [2.05, 4.69) is 5.32 Å². The Bertz CT molecular complexity index is 551. The van der Waals surface area contributed by atoms with Crippen molar-refractivity contribution < 1.29 is 33.0 Å². The zero-order valence-corrected chi connectivity index (χ0v) is 11.0. The maximum absolute atomic E-state index is 12.5. The molecule has 4 N–H and O–H groups in total. The van der Waals surface area contributed by atoms with Gasteiger partial charge in [0.25, 0.3) is 0 Å². The molecule has 1 atom stereocenters. The van der Waals surface area contributed by atoms with Gasteiger partial charge in [-0.1, -0.05) is 11.6 Å². The fourth-order valence-electron chi connectivity index (χ4n) is 1.28. The number of halogens is 4. The predicted molar refractivity (Wildman–Crippen MR) is 67.1 cm³/mol. The van der Waals surface area contributed by atoms with Crippen molar-refractivity contribution in [1.82, 2.24) is 5.32 Å². The van der Waals surface area contributed by atoms with Gasteiger partial charge in [0, 0.05) is 10.7 Å². The third kappa shape index (κ3) is 5.48. The molecule has 0 spiro atoms. The van der Waals surface area contributed by atoms with Crippen LogP contribution in [0.4, 0.5) is 23.7 Å². The number of benzene rings is 1. The molecule has 2 amide bonds. The van der Waals surface area contributed by atoms with Crippen LogP contribution in [0, 0.1) is 0 Å². The van der Waals surface area contributed by atoms with Gasteiger partial charge in [-0.3, -0.25) is 0 Å². The molecule has 0 bridgehead atoms. The number of amides is 2. The molecule has 10 heteroatoms. The van der Waals surface area contributed by atoms with Gasteiger partial charge in [-0.05, 0) is 18.2 Å². The topological polar surface area (TPSA) is 98.7 Å². The molecule has 116 valence electrons. The summed E-state index contributed by atoms with van der Waals surface area (Å²) >= 11 is 5.52. The number of anilines is 1. The van der Waals surface area contributed by atoms with Crippen LogP contribution >= 0.6 is 11.6 Å². The highest BCUT2D eigenvalue weighted by atomic mass is 35.5. The number of aliphatic hydroxyl groups excluding tert-OH is 1. The maximum Gasteiger partial charge on any atom is 0.416 e. The third-order valence-electron chi connectivity index (χ3n) is 2.22. The van der Waals surface area contributed by atoms with Crippen LogP contribution in [-0.2, 0) is 11.0 Å². The smallest absolute Gasteiger partial charge is 0.416 e. The molecule has 6 nitrogen and oxygen atoms in total. The molecule has 0 unspecified atom stereocenters. The van der Waals surface area contributed by atoms with Gasteiger partial charge in [-0.25, -0.2) is 9.59 Å². The number of carbonyl (C=O) groups excluding carboxylic acids is 1. The first-order valence-corrected chi connectivity index (χ1v) is 5.81. The van der Waals surface area contributed by atoms with Crippen LogP contribution in [-0.4, -0.2) is 34.9 Å². The zero-order valence-electron chi connectivity index (χ0n) is 10.2. The first-order chi connectivity index (χ1) is 9.59. The van der Waals surface area contributed by atoms with Crippen molar-refractivity contribution in [2.24, 2.45) is 0 Å². The molecule has 0 fully saturated rings. The van der Waals surface area contributed by atoms with Crippen molar-refractivity contribution in [2.45, 2.75) is 12.3 Å². The highest BCUT2D eigenvalue weighted by molar-refractivity contribution is 6.31. The Morgan fingerprint density at radius 1 is 1.29 bits per heavy atom. The van der Waals surface area contributed by atoms with E-state index in [-0.39, 0.29) is 10.7 Å². The van der Waals surface area contributed by atoms with Crippen molar-refractivity contribution in [3.05, 3.63) is 28.8 Å². The summed E-state index contributed by atoms with van der Waals surface area (Å²) in [6, 6.07) is 1.47. The van der Waals surface area contributed by atoms with E-state index in [4.69, 9.17) is 21.8 Å². The molecular formula is C11H10ClF3N2O4. The summed E-state index contributed by atoms with van der Waals surface area (Å²) in [4.78, 5) is 21.7. The molecule has 0 aliphatic heterocycles. The first kappa shape index (κ1) is 17.1. The fraction of sp³-hybridized carbons (Fsp3) is 0.273. The summed E-state index contributed by atoms with van der Waals surface area (Å²) in [6.07, 6.45) is -6.45. The Labute approximate surface area is 121 Å². The third-order valence-corrected chi connectivity index (χ3v) is 2.44. The first-order valence-electron chi connectivity index (χ1n) is 5.43. The molecule has 0 aliphatic rings. The number of aliphatic carboxylic acids is 1. The normalized spacial score (nSPS) is 12.6. The lowest BCUT2D eigenvalue weighted by Gasteiger charge is -2.12. The fourth-order valence-corrected chi connectivity index (χ4v) is 1.51. The number of carboxylic acids is 1. The monoisotopic (exact) mass is 326 g/mol. The van der Waals surface area contributed by atoms with Crippen LogP contribution < -0.4 is 10.6 Å². The standard InChI is InChI=1S/C11H10ClF3N2O4/c12-6-1-5(11(13,14)15)2-7(3-6)17-10(21)16-4-8(18)9(19)20/h1-3,8,18H,4H2,(H,19,20)(H2,16,17,21)/t8-/m0/s1. The molecule has 0 aromatic heterocycles. The SMILES string of the molecule is O=C(NC[C@H](O)C(=O)O)Nc1cc(Cl)cc(C(F)(F)F)c1. The van der Waals surface area contributed by atoms with Gasteiger partial charge in [-0.15, -0.1) is 0 Å². The average Bonchev–Trinajstić information content (AvgIpc) is 2.33. The van der Waals surface area contributed by atoms with Gasteiger partial charge in [-0.2, -0.15) is 13.2 Å². The quantitative estimate of drug-likeness (QED) is 0.679. The van der Waals surface area contributed by atoms with E-state index in [0.29, 0.717) is 12.1 Å². The minimum absolute atomic E-state index is 0.225. The summed E-state index contributed by atoms with van der Waals surface area (Å²) in [5, 5.41) is 21.1. The van der Waals surface area contributed by atoms with Gasteiger partial charge in [0.1, 0.15) is 0 Å². The Balaban J connectivity index is 2.72. The number of carboxylic acid groups (broad SMARTS) is 1. The minimum atomic E-state index is -4.63. The summed E-state index contributed by atoms with van der Waals surface area (Å²) in [5.41, 5.74) is -1.27. The number of urea groups is 1. The van der Waals surface area contributed by atoms with E-state index in [1.807, 2.05) is 5.32 Å². The Morgan fingerprint density at radius 3 is 2.43 bits per heavy atom. The molecule has 0 saturated carbocycles. The van der Waals surface area contributed by atoms with Crippen LogP contribution in [0.2, 0.25) is 5.02 Å². The number of hydrogen-bond donors (Lipinski definition) is 4. The van der Waals surface area contributed by atoms with E-state index in [1.54, 1.807) is 0 Å². The number of carbonyl (C=O) groups is 2. The summed E-state index contributed by atoms with van der Waals surface area (Å²) < 4.78 is 37.6. The number of aliphatic hydroxyl groups is 1. The summed E-state index contributed by atoms with van der Waals surface area (Å²) in [6.45, 7) is -0.603. The van der Waals surface area contributed by atoms with Crippen molar-refractivity contribution in [3.8, 4) is 0 Å². The van der Waals surface area contributed by atoms with Crippen LogP contribution in [0.25, 0.3) is 0 Å². The lowest BCUT2D eigenvalue weighted by Crippen LogP contribution is -2.38. The van der Waals surface area contributed by atoms with Crippen molar-refractivity contribution in [3.63, 3.8) is 0 Å². The number of alkyl halides is 3. The van der Waals surface area contributed by atoms with Gasteiger partial charge in [0.15, 0.2) is 6.10 Å². The van der Waals surface area contributed by atoms with E-state index >= 15 is 0 Å². The lowest BCUT2D eigenvalue weighted by atomic mass is 10.2. The molecule has 0 radical (unpaired) electrons. The molecule has 0 heterocycles. The number of hydrogen-bond acceptors (Lipinski definition) is 3. The van der Waals surface area contributed by atoms with Crippen molar-refractivity contribution >= 4 is 29.3 Å². The van der Waals surface area contributed by atoms with Gasteiger partial charge in [0.2, 0.25) is 0 Å². The molecule has 21 heavy (non-hydrogen) atoms. The van der Waals surface area contributed by atoms with Gasteiger partial charge in [0.05, 0.1) is 12.1 Å². The second kappa shape index (κ2) is 6.64. The van der Waals surface area contributed by atoms with Gasteiger partial charge >= 0.3 is 18.2 Å². The maximum atomic E-state index is 12.5. The van der Waals surface area contributed by atoms with E-state index in [9.17, 15) is 22.8 Å². The Morgan fingerprint density at radius 2 is 1.90 bits per heavy atom. The van der Waals surface area contributed by atoms with Crippen LogP contribution in [0.3, 0.4) is 0 Å². The van der Waals surface area contributed by atoms with Gasteiger partial charge < -0.3 is 20.8 Å². The second-order valence-corrected chi connectivity index (χ2v) is 4.35. The van der Waals surface area contributed by atoms with E-state index in [0.717, 1.165) is 6.07 Å². The van der Waals surface area contributed by atoms with E-state index in [1.165, 1.54) is 0 Å². The zero-order chi connectivity index (χ0) is 16.2. The van der Waals surface area contributed by atoms with Crippen molar-refractivity contribution in [1.29, 1.82) is 0 Å². The molecule has 1 rings (SSSR count). The van der Waals surface area contributed by atoms with Crippen LogP contribution in [0.1, 0.15) is 5.56 Å². The largest absolute Gasteiger partial charge is 0.479 e. The summed E-state index contributed by atoms with van der Waals surface area (Å²) in [5.74, 6) is -1.54. The second-order valence-electron chi connectivity index (χ2n) is 3.92. The lowest BCUT2D eigenvalue weighted by molar-refractivity contribution is -0.146. The van der Waals surface area contributed by atoms with Crippen molar-refractivity contribution in [2.75, 3.05) is 11.9 Å². The van der Waals surface area contributed by atoms with E-state index < -0.39 is 36.4 Å². The molecule has 0 aliphatic carbocycles. The van der Waals surface area contributed by atoms with Crippen LogP contribution in [0.5, 0.6) is 0 Å². The van der Waals surface area contributed by atoms with Crippen LogP contribution in [0.15, 0.2) is 18.2 Å². The molecule has 1 aromatic carbocycles. The Hall–Kier alpha value is -2.00. The predicted octanol–water partition coefficient (Wildman–Crippen LogP) is 1.93. The molecular weight excluding hydrogens is 317 g/mol. The highest BCUT2D eigenvalue weighted by Gasteiger charge is 2.31. The highest BCUT2D eigenvalue weighted by Crippen LogP contribution is 2.33. The molecule has 0 saturated heterocycles. The number of rotatable bonds is 4. The Kier molecular flexibility index (Phi) is 5.39.